The maximum absolute atomic E-state index is 13.9. The molecule has 1 fully saturated rings. The number of hydrogen-bond acceptors (Lipinski definition) is 7. The molecular weight excluding hydrogens is 470 g/mol. The lowest BCUT2D eigenvalue weighted by molar-refractivity contribution is -0.0783. The minimum absolute atomic E-state index is 0.147. The number of carbonyl (C=O) groups is 1. The Kier molecular flexibility index (Phi) is 7.02. The first-order valence-corrected chi connectivity index (χ1v) is 12.2. The zero-order chi connectivity index (χ0) is 25.7. The summed E-state index contributed by atoms with van der Waals surface area (Å²) in [4.78, 5) is 21.6. The van der Waals surface area contributed by atoms with Crippen molar-refractivity contribution >= 4 is 5.91 Å². The minimum Gasteiger partial charge on any atom is -0.497 e. The van der Waals surface area contributed by atoms with Crippen LogP contribution in [0.2, 0.25) is 0 Å². The number of para-hydroxylation sites is 1. The van der Waals surface area contributed by atoms with Crippen molar-refractivity contribution in [2.24, 2.45) is 0 Å². The first-order valence-electron chi connectivity index (χ1n) is 12.2. The van der Waals surface area contributed by atoms with Crippen molar-refractivity contribution in [1.82, 2.24) is 24.9 Å². The fourth-order valence-corrected chi connectivity index (χ4v) is 4.48. The highest BCUT2D eigenvalue weighted by atomic mass is 16.6. The number of carbonyl (C=O) groups excluding carboxylic acids is 1. The van der Waals surface area contributed by atoms with E-state index in [1.165, 1.54) is 4.80 Å². The summed E-state index contributed by atoms with van der Waals surface area (Å²) >= 11 is 0. The van der Waals surface area contributed by atoms with Crippen LogP contribution in [0.1, 0.15) is 42.1 Å². The van der Waals surface area contributed by atoms with Crippen LogP contribution in [0.25, 0.3) is 5.69 Å². The van der Waals surface area contributed by atoms with Crippen LogP contribution in [0, 0.1) is 0 Å². The van der Waals surface area contributed by atoms with Crippen molar-refractivity contribution in [3.8, 4) is 23.1 Å². The summed E-state index contributed by atoms with van der Waals surface area (Å²) in [6.07, 6.45) is 7.31. The zero-order valence-corrected chi connectivity index (χ0v) is 20.9. The number of amides is 1. The predicted molar refractivity (Wildman–Crippen MR) is 137 cm³/mol. The minimum atomic E-state index is -0.910. The zero-order valence-electron chi connectivity index (χ0n) is 20.9. The Morgan fingerprint density at radius 2 is 1.76 bits per heavy atom. The molecule has 1 unspecified atom stereocenters. The summed E-state index contributed by atoms with van der Waals surface area (Å²) in [5, 5.41) is 8.43. The number of ether oxygens (including phenoxy) is 3. The average Bonchev–Trinajstić information content (AvgIpc) is 3.48. The quantitative estimate of drug-likeness (QED) is 0.348. The fourth-order valence-electron chi connectivity index (χ4n) is 4.48. The Bertz CT molecular complexity index is 1340. The van der Waals surface area contributed by atoms with Gasteiger partial charge < -0.3 is 19.1 Å². The van der Waals surface area contributed by atoms with Crippen molar-refractivity contribution < 1.29 is 19.0 Å². The Labute approximate surface area is 215 Å². The van der Waals surface area contributed by atoms with E-state index >= 15 is 0 Å². The van der Waals surface area contributed by atoms with Gasteiger partial charge in [0, 0.05) is 19.2 Å². The Morgan fingerprint density at radius 3 is 2.54 bits per heavy atom. The molecule has 0 aliphatic carbocycles. The van der Waals surface area contributed by atoms with Crippen molar-refractivity contribution in [1.29, 1.82) is 0 Å². The lowest BCUT2D eigenvalue weighted by Crippen LogP contribution is -2.56. The van der Waals surface area contributed by atoms with E-state index in [1.54, 1.807) is 42.7 Å². The van der Waals surface area contributed by atoms with Gasteiger partial charge in [-0.2, -0.15) is 15.0 Å². The average molecular weight is 500 g/mol. The molecule has 1 saturated heterocycles. The van der Waals surface area contributed by atoms with Crippen molar-refractivity contribution in [3.05, 3.63) is 90.4 Å². The van der Waals surface area contributed by atoms with E-state index in [-0.39, 0.29) is 5.91 Å². The van der Waals surface area contributed by atoms with Crippen LogP contribution in [0.15, 0.2) is 79.3 Å². The molecule has 1 amide bonds. The molecule has 9 nitrogen and oxygen atoms in total. The Hall–Kier alpha value is -4.40. The number of piperidine rings is 1. The first-order chi connectivity index (χ1) is 18.1. The van der Waals surface area contributed by atoms with E-state index in [2.05, 4.69) is 15.2 Å². The fraction of sp³-hybridized carbons (Fsp3) is 0.286. The maximum atomic E-state index is 13.9. The van der Waals surface area contributed by atoms with Gasteiger partial charge in [-0.3, -0.25) is 4.79 Å². The van der Waals surface area contributed by atoms with E-state index in [0.717, 1.165) is 24.2 Å². The molecule has 1 aliphatic rings. The van der Waals surface area contributed by atoms with Crippen LogP contribution >= 0.6 is 0 Å². The highest BCUT2D eigenvalue weighted by Gasteiger charge is 2.41. The van der Waals surface area contributed by atoms with Crippen LogP contribution in [0.4, 0.5) is 0 Å². The van der Waals surface area contributed by atoms with Crippen LogP contribution in [0.3, 0.4) is 0 Å². The number of pyridine rings is 1. The molecule has 0 saturated carbocycles. The summed E-state index contributed by atoms with van der Waals surface area (Å²) in [5.41, 5.74) is 1.20. The van der Waals surface area contributed by atoms with Gasteiger partial charge in [-0.25, -0.2) is 4.98 Å². The lowest BCUT2D eigenvalue weighted by Gasteiger charge is -2.44. The molecule has 0 bridgehead atoms. The molecule has 5 rings (SSSR count). The molecule has 0 N–H and O–H groups in total. The number of aromatic nitrogens is 4. The Morgan fingerprint density at radius 1 is 0.973 bits per heavy atom. The molecule has 1 aliphatic heterocycles. The van der Waals surface area contributed by atoms with Crippen molar-refractivity contribution in [2.75, 3.05) is 13.7 Å². The van der Waals surface area contributed by atoms with Crippen LogP contribution in [0.5, 0.6) is 17.4 Å². The van der Waals surface area contributed by atoms with Crippen LogP contribution in [-0.4, -0.2) is 50.2 Å². The smallest absolute Gasteiger partial charge is 0.259 e. The molecule has 2 aromatic heterocycles. The van der Waals surface area contributed by atoms with Crippen molar-refractivity contribution in [2.45, 2.75) is 38.5 Å². The number of nitrogens with zero attached hydrogens (tertiary/aromatic N) is 5. The first kappa shape index (κ1) is 24.3. The maximum Gasteiger partial charge on any atom is 0.259 e. The standard InChI is InChI=1S/C28H29N5O4/c1-28(37-26-25(10-7-16-29-26)36-20-21-11-13-22(35-2)14-12-21)15-5-6-19-32(28)27(34)23-8-3-4-9-24(23)33-30-17-18-31-33/h3-4,7-14,16-18H,5-6,15,19-20H2,1-2H3. The van der Waals surface area contributed by atoms with Crippen molar-refractivity contribution in [3.63, 3.8) is 0 Å². The third kappa shape index (κ3) is 5.25. The summed E-state index contributed by atoms with van der Waals surface area (Å²) in [5.74, 6) is 1.50. The number of benzene rings is 2. The van der Waals surface area contributed by atoms with Gasteiger partial charge >= 0.3 is 0 Å². The molecule has 9 heteroatoms. The van der Waals surface area contributed by atoms with E-state index in [4.69, 9.17) is 14.2 Å². The number of hydrogen-bond donors (Lipinski definition) is 0. The number of likely N-dealkylation sites (tertiary alicyclic amines) is 1. The second-order valence-corrected chi connectivity index (χ2v) is 8.97. The third-order valence-electron chi connectivity index (χ3n) is 6.46. The van der Waals surface area contributed by atoms with E-state index in [0.29, 0.717) is 42.5 Å². The summed E-state index contributed by atoms with van der Waals surface area (Å²) in [6, 6.07) is 18.6. The molecule has 0 radical (unpaired) electrons. The number of rotatable bonds is 8. The Balaban J connectivity index is 1.38. The van der Waals surface area contributed by atoms with Gasteiger partial charge in [0.1, 0.15) is 12.4 Å². The second kappa shape index (κ2) is 10.7. The van der Waals surface area contributed by atoms with E-state index in [9.17, 15) is 4.79 Å². The molecular formula is C28H29N5O4. The largest absolute Gasteiger partial charge is 0.497 e. The van der Waals surface area contributed by atoms with Crippen LogP contribution < -0.4 is 14.2 Å². The lowest BCUT2D eigenvalue weighted by atomic mass is 9.98. The summed E-state index contributed by atoms with van der Waals surface area (Å²) in [6.45, 7) is 2.83. The topological polar surface area (TPSA) is 91.6 Å². The monoisotopic (exact) mass is 499 g/mol. The van der Waals surface area contributed by atoms with Gasteiger partial charge in [0.05, 0.1) is 30.8 Å². The van der Waals surface area contributed by atoms with E-state index < -0.39 is 5.72 Å². The SMILES string of the molecule is COc1ccc(COc2cccnc2OC2(C)CCCCN2C(=O)c2ccccc2-n2nccn2)cc1. The molecule has 1 atom stereocenters. The van der Waals surface area contributed by atoms with Gasteiger partial charge in [0.15, 0.2) is 11.5 Å². The van der Waals surface area contributed by atoms with Gasteiger partial charge in [-0.15, -0.1) is 0 Å². The van der Waals surface area contributed by atoms with E-state index in [1.807, 2.05) is 55.5 Å². The highest BCUT2D eigenvalue weighted by Crippen LogP contribution is 2.36. The molecule has 4 aromatic rings. The van der Waals surface area contributed by atoms with Gasteiger partial charge in [-0.05, 0) is 61.7 Å². The second-order valence-electron chi connectivity index (χ2n) is 8.97. The predicted octanol–water partition coefficient (Wildman–Crippen LogP) is 4.67. The van der Waals surface area contributed by atoms with Gasteiger partial charge in [0.25, 0.3) is 11.8 Å². The molecule has 3 heterocycles. The molecule has 190 valence electrons. The van der Waals surface area contributed by atoms with Crippen LogP contribution in [-0.2, 0) is 6.61 Å². The highest BCUT2D eigenvalue weighted by molar-refractivity contribution is 5.98. The normalized spacial score (nSPS) is 17.3. The van der Waals surface area contributed by atoms with Gasteiger partial charge in [0.2, 0.25) is 0 Å². The molecule has 2 aromatic carbocycles. The summed E-state index contributed by atoms with van der Waals surface area (Å²) in [7, 11) is 1.64. The molecule has 0 spiro atoms. The third-order valence-corrected chi connectivity index (χ3v) is 6.46. The molecule has 37 heavy (non-hydrogen) atoms. The van der Waals surface area contributed by atoms with Gasteiger partial charge in [-0.1, -0.05) is 24.3 Å². The number of methoxy groups -OCH3 is 1. The summed E-state index contributed by atoms with van der Waals surface area (Å²) < 4.78 is 17.8.